The Morgan fingerprint density at radius 2 is 1.81 bits per heavy atom. The molecule has 0 saturated carbocycles. The van der Waals surface area contributed by atoms with Gasteiger partial charge in [-0.15, -0.1) is 11.8 Å². The van der Waals surface area contributed by atoms with E-state index in [1.807, 2.05) is 32.0 Å². The van der Waals surface area contributed by atoms with Gasteiger partial charge >= 0.3 is 0 Å². The molecule has 8 heteroatoms. The van der Waals surface area contributed by atoms with Crippen LogP contribution in [0.5, 0.6) is 0 Å². The summed E-state index contributed by atoms with van der Waals surface area (Å²) in [7, 11) is -0.704. The van der Waals surface area contributed by atoms with Gasteiger partial charge < -0.3 is 5.32 Å². The standard InChI is InChI=1S/C18H21ClN2O3S2/c1-12-5-6-14(9-13(12)2)25-11-18(22)20-17-10-15(7-8-16(17)19)26(23,24)21(3)4/h5-10H,11H2,1-4H3,(H,20,22). The predicted octanol–water partition coefficient (Wildman–Crippen LogP) is 3.94. The third kappa shape index (κ3) is 5.01. The third-order valence-electron chi connectivity index (χ3n) is 3.84. The van der Waals surface area contributed by atoms with Gasteiger partial charge in [-0.25, -0.2) is 12.7 Å². The number of halogens is 1. The first-order valence-electron chi connectivity index (χ1n) is 7.83. The number of benzene rings is 2. The SMILES string of the molecule is Cc1ccc(SCC(=O)Nc2cc(S(=O)(=O)N(C)C)ccc2Cl)cc1C. The van der Waals surface area contributed by atoms with Gasteiger partial charge in [0.15, 0.2) is 0 Å². The first kappa shape index (κ1) is 20.8. The average Bonchev–Trinajstić information content (AvgIpc) is 2.57. The Kier molecular flexibility index (Phi) is 6.74. The highest BCUT2D eigenvalue weighted by Crippen LogP contribution is 2.27. The Morgan fingerprint density at radius 3 is 2.42 bits per heavy atom. The molecule has 1 N–H and O–H groups in total. The topological polar surface area (TPSA) is 66.5 Å². The van der Waals surface area contributed by atoms with Crippen LogP contribution in [0.4, 0.5) is 5.69 Å². The number of nitrogens with zero attached hydrogens (tertiary/aromatic N) is 1. The van der Waals surface area contributed by atoms with Crippen LogP contribution >= 0.6 is 23.4 Å². The van der Waals surface area contributed by atoms with Crippen LogP contribution in [-0.2, 0) is 14.8 Å². The van der Waals surface area contributed by atoms with E-state index in [1.165, 1.54) is 55.2 Å². The number of carbonyl (C=O) groups is 1. The molecular formula is C18H21ClN2O3S2. The lowest BCUT2D eigenvalue weighted by atomic mass is 10.1. The minimum atomic E-state index is -3.60. The van der Waals surface area contributed by atoms with Crippen molar-refractivity contribution in [2.45, 2.75) is 23.6 Å². The summed E-state index contributed by atoms with van der Waals surface area (Å²) in [4.78, 5) is 13.3. The molecule has 0 spiro atoms. The molecular weight excluding hydrogens is 392 g/mol. The molecule has 2 rings (SSSR count). The van der Waals surface area contributed by atoms with Crippen molar-refractivity contribution in [1.82, 2.24) is 4.31 Å². The molecule has 5 nitrogen and oxygen atoms in total. The van der Waals surface area contributed by atoms with E-state index in [4.69, 9.17) is 11.6 Å². The van der Waals surface area contributed by atoms with E-state index < -0.39 is 10.0 Å². The molecule has 0 saturated heterocycles. The smallest absolute Gasteiger partial charge is 0.242 e. The number of nitrogens with one attached hydrogen (secondary N) is 1. The van der Waals surface area contributed by atoms with Crippen LogP contribution in [0.2, 0.25) is 5.02 Å². The second kappa shape index (κ2) is 8.43. The predicted molar refractivity (Wildman–Crippen MR) is 108 cm³/mol. The lowest BCUT2D eigenvalue weighted by Crippen LogP contribution is -2.22. The Bertz CT molecular complexity index is 928. The fourth-order valence-corrected chi connectivity index (χ4v) is 4.00. The summed E-state index contributed by atoms with van der Waals surface area (Å²) < 4.78 is 25.5. The summed E-state index contributed by atoms with van der Waals surface area (Å²) in [5.74, 6) is -0.0572. The molecule has 26 heavy (non-hydrogen) atoms. The molecule has 0 fully saturated rings. The van der Waals surface area contributed by atoms with Crippen molar-refractivity contribution in [2.75, 3.05) is 25.2 Å². The normalized spacial score (nSPS) is 11.6. The summed E-state index contributed by atoms with van der Waals surface area (Å²) in [6, 6.07) is 10.3. The number of anilines is 1. The Morgan fingerprint density at radius 1 is 1.12 bits per heavy atom. The molecule has 0 aliphatic carbocycles. The van der Waals surface area contributed by atoms with Crippen molar-refractivity contribution in [3.05, 3.63) is 52.5 Å². The summed E-state index contributed by atoms with van der Waals surface area (Å²) in [6.07, 6.45) is 0. The molecule has 140 valence electrons. The zero-order valence-corrected chi connectivity index (χ0v) is 17.4. The lowest BCUT2D eigenvalue weighted by molar-refractivity contribution is -0.113. The lowest BCUT2D eigenvalue weighted by Gasteiger charge is -2.14. The van der Waals surface area contributed by atoms with Crippen LogP contribution in [0.25, 0.3) is 0 Å². The monoisotopic (exact) mass is 412 g/mol. The van der Waals surface area contributed by atoms with Crippen LogP contribution in [0.1, 0.15) is 11.1 Å². The number of carbonyl (C=O) groups excluding carboxylic acids is 1. The van der Waals surface area contributed by atoms with E-state index in [0.717, 1.165) is 9.20 Å². The van der Waals surface area contributed by atoms with Crippen LogP contribution in [-0.4, -0.2) is 38.5 Å². The summed E-state index contributed by atoms with van der Waals surface area (Å²) >= 11 is 7.50. The maximum atomic E-state index is 12.2. The second-order valence-electron chi connectivity index (χ2n) is 6.01. The number of aryl methyl sites for hydroxylation is 2. The highest BCUT2D eigenvalue weighted by Gasteiger charge is 2.19. The molecule has 2 aromatic carbocycles. The van der Waals surface area contributed by atoms with Crippen molar-refractivity contribution in [1.29, 1.82) is 0 Å². The van der Waals surface area contributed by atoms with Gasteiger partial charge in [-0.2, -0.15) is 0 Å². The van der Waals surface area contributed by atoms with Crippen molar-refractivity contribution >= 4 is 45.0 Å². The van der Waals surface area contributed by atoms with E-state index in [-0.39, 0.29) is 27.3 Å². The first-order chi connectivity index (χ1) is 12.1. The van der Waals surface area contributed by atoms with Gasteiger partial charge in [0, 0.05) is 19.0 Å². The van der Waals surface area contributed by atoms with E-state index in [9.17, 15) is 13.2 Å². The number of amides is 1. The molecule has 0 unspecified atom stereocenters. The molecule has 0 radical (unpaired) electrons. The molecule has 0 bridgehead atoms. The Labute approximate surface area is 163 Å². The number of rotatable bonds is 6. The fourth-order valence-electron chi connectivity index (χ4n) is 2.11. The van der Waals surface area contributed by atoms with E-state index in [1.54, 1.807) is 0 Å². The van der Waals surface area contributed by atoms with Gasteiger partial charge in [0.1, 0.15) is 0 Å². The molecule has 0 heterocycles. The molecule has 0 atom stereocenters. The van der Waals surface area contributed by atoms with Crippen LogP contribution < -0.4 is 5.32 Å². The largest absolute Gasteiger partial charge is 0.324 e. The highest BCUT2D eigenvalue weighted by atomic mass is 35.5. The van der Waals surface area contributed by atoms with Crippen molar-refractivity contribution in [3.8, 4) is 0 Å². The molecule has 0 aromatic heterocycles. The van der Waals surface area contributed by atoms with Gasteiger partial charge in [0.2, 0.25) is 15.9 Å². The Hall–Kier alpha value is -1.54. The average molecular weight is 413 g/mol. The van der Waals surface area contributed by atoms with Gasteiger partial charge in [0.25, 0.3) is 0 Å². The summed E-state index contributed by atoms with van der Waals surface area (Å²) in [5, 5.41) is 2.97. The van der Waals surface area contributed by atoms with Gasteiger partial charge in [-0.1, -0.05) is 17.7 Å². The van der Waals surface area contributed by atoms with Crippen molar-refractivity contribution in [2.24, 2.45) is 0 Å². The van der Waals surface area contributed by atoms with Gasteiger partial charge in [-0.3, -0.25) is 4.79 Å². The quantitative estimate of drug-likeness (QED) is 0.730. The van der Waals surface area contributed by atoms with Crippen molar-refractivity contribution in [3.63, 3.8) is 0 Å². The van der Waals surface area contributed by atoms with Crippen LogP contribution in [0.3, 0.4) is 0 Å². The second-order valence-corrected chi connectivity index (χ2v) is 9.62. The highest BCUT2D eigenvalue weighted by molar-refractivity contribution is 8.00. The number of thioether (sulfide) groups is 1. The molecule has 1 amide bonds. The molecule has 0 aliphatic rings. The third-order valence-corrected chi connectivity index (χ3v) is 6.97. The summed E-state index contributed by atoms with van der Waals surface area (Å²) in [5.41, 5.74) is 2.64. The van der Waals surface area contributed by atoms with Gasteiger partial charge in [-0.05, 0) is 55.3 Å². The zero-order valence-electron chi connectivity index (χ0n) is 15.0. The fraction of sp³-hybridized carbons (Fsp3) is 0.278. The van der Waals surface area contributed by atoms with Crippen LogP contribution in [0.15, 0.2) is 46.2 Å². The van der Waals surface area contributed by atoms with E-state index in [0.29, 0.717) is 0 Å². The maximum Gasteiger partial charge on any atom is 0.242 e. The minimum absolute atomic E-state index is 0.0732. The zero-order chi connectivity index (χ0) is 19.5. The van der Waals surface area contributed by atoms with E-state index in [2.05, 4.69) is 5.32 Å². The Balaban J connectivity index is 2.10. The number of sulfonamides is 1. The minimum Gasteiger partial charge on any atom is -0.324 e. The first-order valence-corrected chi connectivity index (χ1v) is 10.6. The van der Waals surface area contributed by atoms with Crippen LogP contribution in [0, 0.1) is 13.8 Å². The van der Waals surface area contributed by atoms with Crippen molar-refractivity contribution < 1.29 is 13.2 Å². The molecule has 0 aliphatic heterocycles. The van der Waals surface area contributed by atoms with E-state index >= 15 is 0 Å². The maximum absolute atomic E-state index is 12.2. The number of hydrogen-bond acceptors (Lipinski definition) is 4. The van der Waals surface area contributed by atoms with Gasteiger partial charge in [0.05, 0.1) is 21.4 Å². The number of hydrogen-bond donors (Lipinski definition) is 1. The molecule has 2 aromatic rings. The summed E-state index contributed by atoms with van der Waals surface area (Å²) in [6.45, 7) is 4.06.